The molecular weight excluding hydrogens is 640 g/mol. The molecule has 0 bridgehead atoms. The molecule has 3 aromatic rings. The van der Waals surface area contributed by atoms with Gasteiger partial charge in [0.2, 0.25) is 10.0 Å². The van der Waals surface area contributed by atoms with Gasteiger partial charge < -0.3 is 29.7 Å². The van der Waals surface area contributed by atoms with Gasteiger partial charge in [-0.25, -0.2) is 13.2 Å². The normalized spacial score (nSPS) is 13.3. The van der Waals surface area contributed by atoms with Gasteiger partial charge in [-0.3, -0.25) is 9.29 Å². The summed E-state index contributed by atoms with van der Waals surface area (Å²) in [7, 11) is -7.02. The van der Waals surface area contributed by atoms with Crippen molar-refractivity contribution in [1.29, 1.82) is 0 Å². The summed E-state index contributed by atoms with van der Waals surface area (Å²) < 4.78 is 81.3. The highest BCUT2D eigenvalue weighted by molar-refractivity contribution is 7.92. The summed E-state index contributed by atoms with van der Waals surface area (Å²) in [6, 6.07) is 21.2. The number of aromatic hydroxyl groups is 1. The monoisotopic (exact) mass is 676 g/mol. The van der Waals surface area contributed by atoms with Crippen molar-refractivity contribution < 1.29 is 55.3 Å². The van der Waals surface area contributed by atoms with Gasteiger partial charge >= 0.3 is 19.7 Å². The van der Waals surface area contributed by atoms with Crippen molar-refractivity contribution in [3.05, 3.63) is 89.5 Å². The first-order chi connectivity index (χ1) is 21.0. The van der Waals surface area contributed by atoms with E-state index in [2.05, 4.69) is 10.0 Å². The Morgan fingerprint density at radius 1 is 0.956 bits per heavy atom. The number of aliphatic hydroxyl groups is 1. The van der Waals surface area contributed by atoms with E-state index in [-0.39, 0.29) is 37.2 Å². The van der Waals surface area contributed by atoms with Gasteiger partial charge in [0.25, 0.3) is 0 Å². The van der Waals surface area contributed by atoms with Crippen molar-refractivity contribution in [2.75, 3.05) is 30.7 Å². The third-order valence-corrected chi connectivity index (χ3v) is 8.71. The highest BCUT2D eigenvalue weighted by Crippen LogP contribution is 2.46. The van der Waals surface area contributed by atoms with E-state index in [0.29, 0.717) is 17.3 Å². The third kappa shape index (κ3) is 12.5. The summed E-state index contributed by atoms with van der Waals surface area (Å²) in [6.07, 6.45) is -4.46. The molecule has 5 N–H and O–H groups in total. The van der Waals surface area contributed by atoms with Crippen molar-refractivity contribution in [3.63, 3.8) is 0 Å². The summed E-state index contributed by atoms with van der Waals surface area (Å²) >= 11 is 0. The van der Waals surface area contributed by atoms with Crippen molar-refractivity contribution >= 4 is 34.6 Å². The quantitative estimate of drug-likeness (QED) is 0.117. The van der Waals surface area contributed by atoms with Crippen LogP contribution in [0.25, 0.3) is 0 Å². The standard InChI is InChI=1S/C27H35N2O7PS.C2HF3O2/c1-4-35-37(32,36-5-2)23-14-11-21(12-15-23)24(17-20-9-7-6-8-10-20)28-19-27(31)22-13-16-26(30)25(18-22)29-38(3,33)34;3-2(4,5)1(6)7/h6-16,18,24,27-31H,4-5,17,19H2,1-3H3;(H,6,7)/t24?,27-;/m0./s1. The number of aliphatic hydroxyl groups excluding tert-OH is 1. The van der Waals surface area contributed by atoms with Crippen molar-refractivity contribution in [3.8, 4) is 5.75 Å². The molecule has 0 heterocycles. The zero-order valence-electron chi connectivity index (χ0n) is 24.7. The lowest BCUT2D eigenvalue weighted by atomic mass is 9.98. The van der Waals surface area contributed by atoms with Crippen LogP contribution in [0.1, 0.15) is 42.7 Å². The number of aliphatic carboxylic acids is 1. The Balaban J connectivity index is 0.000000900. The Labute approximate surface area is 259 Å². The Morgan fingerprint density at radius 3 is 1.98 bits per heavy atom. The minimum atomic E-state index is -5.08. The number of sulfonamides is 1. The van der Waals surface area contributed by atoms with Crippen LogP contribution in [0.3, 0.4) is 0 Å². The topological polar surface area (TPSA) is 171 Å². The molecule has 1 unspecified atom stereocenters. The maximum atomic E-state index is 13.1. The summed E-state index contributed by atoms with van der Waals surface area (Å²) in [4.78, 5) is 8.90. The Bertz CT molecular complexity index is 1530. The predicted octanol–water partition coefficient (Wildman–Crippen LogP) is 4.90. The van der Waals surface area contributed by atoms with E-state index in [1.807, 2.05) is 42.5 Å². The van der Waals surface area contributed by atoms with Crippen LogP contribution in [0.5, 0.6) is 5.75 Å². The Hall–Kier alpha value is -3.46. The molecule has 0 saturated carbocycles. The molecule has 11 nitrogen and oxygen atoms in total. The molecular formula is C29H36F3N2O9PS. The van der Waals surface area contributed by atoms with E-state index < -0.39 is 35.9 Å². The van der Waals surface area contributed by atoms with E-state index >= 15 is 0 Å². The number of carbonyl (C=O) groups is 1. The molecule has 0 fully saturated rings. The minimum absolute atomic E-state index is 0.00602. The Kier molecular flexibility index (Phi) is 14.0. The fourth-order valence-electron chi connectivity index (χ4n) is 3.99. The maximum Gasteiger partial charge on any atom is 0.490 e. The van der Waals surface area contributed by atoms with Gasteiger partial charge in [0.05, 0.1) is 36.6 Å². The first-order valence-corrected chi connectivity index (χ1v) is 17.0. The number of anilines is 1. The lowest BCUT2D eigenvalue weighted by Crippen LogP contribution is -2.28. The number of hydrogen-bond acceptors (Lipinski definition) is 9. The average Bonchev–Trinajstić information content (AvgIpc) is 2.96. The van der Waals surface area contributed by atoms with Crippen LogP contribution >= 0.6 is 7.60 Å². The number of carboxylic acids is 1. The number of carboxylic acid groups (broad SMARTS) is 1. The van der Waals surface area contributed by atoms with Crippen LogP contribution < -0.4 is 15.3 Å². The van der Waals surface area contributed by atoms with E-state index in [4.69, 9.17) is 18.9 Å². The van der Waals surface area contributed by atoms with Crippen LogP contribution in [0.4, 0.5) is 18.9 Å². The van der Waals surface area contributed by atoms with Gasteiger partial charge in [-0.2, -0.15) is 13.2 Å². The van der Waals surface area contributed by atoms with Crippen molar-refractivity contribution in [1.82, 2.24) is 5.32 Å². The zero-order valence-corrected chi connectivity index (χ0v) is 26.4. The zero-order chi connectivity index (χ0) is 33.8. The first kappa shape index (κ1) is 37.7. The number of rotatable bonds is 14. The highest BCUT2D eigenvalue weighted by Gasteiger charge is 2.38. The second-order valence-corrected chi connectivity index (χ2v) is 13.3. The molecule has 0 aromatic heterocycles. The molecule has 2 atom stereocenters. The molecule has 16 heteroatoms. The van der Waals surface area contributed by atoms with Crippen LogP contribution in [0.15, 0.2) is 72.8 Å². The fraction of sp³-hybridized carbons (Fsp3) is 0.345. The molecule has 45 heavy (non-hydrogen) atoms. The number of hydrogen-bond donors (Lipinski definition) is 5. The van der Waals surface area contributed by atoms with Gasteiger partial charge in [-0.1, -0.05) is 48.5 Å². The number of benzene rings is 3. The van der Waals surface area contributed by atoms with E-state index in [9.17, 15) is 36.4 Å². The molecule has 0 aliphatic heterocycles. The third-order valence-electron chi connectivity index (χ3n) is 5.99. The highest BCUT2D eigenvalue weighted by atomic mass is 32.2. The number of alkyl halides is 3. The average molecular weight is 677 g/mol. The molecule has 0 aliphatic carbocycles. The number of phenols is 1. The van der Waals surface area contributed by atoms with Crippen LogP contribution in [-0.4, -0.2) is 61.9 Å². The number of nitrogens with one attached hydrogen (secondary N) is 2. The van der Waals surface area contributed by atoms with Gasteiger partial charge in [0.15, 0.2) is 0 Å². The predicted molar refractivity (Wildman–Crippen MR) is 163 cm³/mol. The minimum Gasteiger partial charge on any atom is -0.506 e. The van der Waals surface area contributed by atoms with E-state index in [1.54, 1.807) is 26.0 Å². The molecule has 0 saturated heterocycles. The number of halogens is 3. The van der Waals surface area contributed by atoms with Crippen LogP contribution in [-0.2, 0) is 34.9 Å². The second kappa shape index (κ2) is 16.7. The number of phenolic OH excluding ortho intramolecular Hbond substituents is 1. The molecule has 0 amide bonds. The molecule has 3 aromatic carbocycles. The molecule has 0 spiro atoms. The molecule has 0 aliphatic rings. The fourth-order valence-corrected chi connectivity index (χ4v) is 6.12. The lowest BCUT2D eigenvalue weighted by Gasteiger charge is -2.23. The van der Waals surface area contributed by atoms with Crippen molar-refractivity contribution in [2.24, 2.45) is 0 Å². The van der Waals surface area contributed by atoms with Gasteiger partial charge in [0, 0.05) is 12.6 Å². The summed E-state index contributed by atoms with van der Waals surface area (Å²) in [5, 5.41) is 31.9. The summed E-state index contributed by atoms with van der Waals surface area (Å²) in [6.45, 7) is 4.19. The molecule has 3 rings (SSSR count). The van der Waals surface area contributed by atoms with Gasteiger partial charge in [-0.15, -0.1) is 0 Å². The first-order valence-electron chi connectivity index (χ1n) is 13.5. The lowest BCUT2D eigenvalue weighted by molar-refractivity contribution is -0.192. The second-order valence-electron chi connectivity index (χ2n) is 9.54. The SMILES string of the molecule is CCOP(=O)(OCC)c1ccc(C(Cc2ccccc2)NC[C@H](O)c2ccc(O)c(NS(C)(=O)=O)c2)cc1.O=C(O)C(F)(F)F. The maximum absolute atomic E-state index is 13.1. The van der Waals surface area contributed by atoms with Gasteiger partial charge in [-0.05, 0) is 61.2 Å². The van der Waals surface area contributed by atoms with Crippen LogP contribution in [0, 0.1) is 0 Å². The van der Waals surface area contributed by atoms with Gasteiger partial charge in [0.1, 0.15) is 5.75 Å². The van der Waals surface area contributed by atoms with Crippen molar-refractivity contribution in [2.45, 2.75) is 38.6 Å². The smallest absolute Gasteiger partial charge is 0.490 e. The van der Waals surface area contributed by atoms with E-state index in [0.717, 1.165) is 17.4 Å². The van der Waals surface area contributed by atoms with Crippen LogP contribution in [0.2, 0.25) is 0 Å². The summed E-state index contributed by atoms with van der Waals surface area (Å²) in [5.74, 6) is -3.00. The molecule has 248 valence electrons. The van der Waals surface area contributed by atoms with E-state index in [1.165, 1.54) is 18.2 Å². The Morgan fingerprint density at radius 2 is 1.49 bits per heavy atom. The molecule has 0 radical (unpaired) electrons. The summed E-state index contributed by atoms with van der Waals surface area (Å²) in [5.41, 5.74) is 2.43. The largest absolute Gasteiger partial charge is 0.506 e.